The summed E-state index contributed by atoms with van der Waals surface area (Å²) in [5.74, 6) is -0.0532. The third-order valence-corrected chi connectivity index (χ3v) is 5.04. The summed E-state index contributed by atoms with van der Waals surface area (Å²) in [7, 11) is -3.81. The first-order valence-electron chi connectivity index (χ1n) is 5.84. The second kappa shape index (κ2) is 4.43. The second-order valence-electron chi connectivity index (χ2n) is 4.31. The largest absolute Gasteiger partial charge is 0.333 e. The lowest BCUT2D eigenvalue weighted by atomic mass is 10.3. The van der Waals surface area contributed by atoms with Gasteiger partial charge < -0.3 is 4.57 Å². The van der Waals surface area contributed by atoms with E-state index < -0.39 is 15.8 Å². The Balaban J connectivity index is 1.97. The van der Waals surface area contributed by atoms with E-state index in [4.69, 9.17) is 0 Å². The number of rotatable bonds is 2. The third kappa shape index (κ3) is 2.04. The molecule has 5 nitrogen and oxygen atoms in total. The minimum atomic E-state index is -3.81. The van der Waals surface area contributed by atoms with Crippen molar-refractivity contribution in [3.63, 3.8) is 0 Å². The topological polar surface area (TPSA) is 55.2 Å². The smallest absolute Gasteiger partial charge is 0.246 e. The maximum absolute atomic E-state index is 13.6. The molecule has 0 radical (unpaired) electrons. The van der Waals surface area contributed by atoms with Crippen LogP contribution in [0.2, 0.25) is 0 Å². The number of imidazole rings is 1. The number of benzene rings is 1. The summed E-state index contributed by atoms with van der Waals surface area (Å²) in [5.41, 5.74) is 0. The van der Waals surface area contributed by atoms with E-state index in [0.717, 1.165) is 6.07 Å². The van der Waals surface area contributed by atoms with Crippen LogP contribution in [0.1, 0.15) is 5.82 Å². The first kappa shape index (κ1) is 12.3. The maximum Gasteiger partial charge on any atom is 0.246 e. The first-order chi connectivity index (χ1) is 9.09. The molecule has 1 aliphatic heterocycles. The van der Waals surface area contributed by atoms with Crippen molar-refractivity contribution < 1.29 is 12.8 Å². The fourth-order valence-electron chi connectivity index (χ4n) is 2.15. The Bertz CT molecular complexity index is 711. The van der Waals surface area contributed by atoms with Crippen LogP contribution in [0.15, 0.2) is 41.6 Å². The molecular weight excluding hydrogens is 269 g/mol. The Morgan fingerprint density at radius 3 is 2.79 bits per heavy atom. The van der Waals surface area contributed by atoms with Crippen LogP contribution in [0.3, 0.4) is 0 Å². The summed E-state index contributed by atoms with van der Waals surface area (Å²) in [6, 6.07) is 5.42. The van der Waals surface area contributed by atoms with Crippen LogP contribution in [0.4, 0.5) is 4.39 Å². The summed E-state index contributed by atoms with van der Waals surface area (Å²) >= 11 is 0. The molecule has 2 aromatic rings. The summed E-state index contributed by atoms with van der Waals surface area (Å²) in [6.07, 6.45) is 3.44. The average molecular weight is 281 g/mol. The van der Waals surface area contributed by atoms with Crippen molar-refractivity contribution >= 4 is 10.0 Å². The highest BCUT2D eigenvalue weighted by Crippen LogP contribution is 2.22. The van der Waals surface area contributed by atoms with Gasteiger partial charge in [-0.3, -0.25) is 0 Å². The highest BCUT2D eigenvalue weighted by molar-refractivity contribution is 7.89. The molecule has 0 amide bonds. The Labute approximate surface area is 110 Å². The van der Waals surface area contributed by atoms with Gasteiger partial charge in [-0.25, -0.2) is 17.8 Å². The second-order valence-corrected chi connectivity index (χ2v) is 6.21. The highest BCUT2D eigenvalue weighted by atomic mass is 32.2. The van der Waals surface area contributed by atoms with E-state index >= 15 is 0 Å². The van der Waals surface area contributed by atoms with Gasteiger partial charge >= 0.3 is 0 Å². The van der Waals surface area contributed by atoms with Gasteiger partial charge in [0.05, 0.1) is 6.54 Å². The van der Waals surface area contributed by atoms with Gasteiger partial charge in [0.2, 0.25) is 10.0 Å². The van der Waals surface area contributed by atoms with E-state index in [0.29, 0.717) is 18.9 Å². The van der Waals surface area contributed by atoms with Gasteiger partial charge in [0.15, 0.2) is 0 Å². The molecule has 0 unspecified atom stereocenters. The monoisotopic (exact) mass is 281 g/mol. The van der Waals surface area contributed by atoms with E-state index in [1.807, 2.05) is 10.8 Å². The molecule has 0 saturated heterocycles. The summed E-state index contributed by atoms with van der Waals surface area (Å²) in [6.45, 7) is 1.02. The molecule has 3 rings (SSSR count). The number of nitrogens with zero attached hydrogens (tertiary/aromatic N) is 3. The maximum atomic E-state index is 13.6. The van der Waals surface area contributed by atoms with Gasteiger partial charge in [-0.05, 0) is 12.1 Å². The molecule has 0 saturated carbocycles. The minimum Gasteiger partial charge on any atom is -0.333 e. The zero-order valence-electron chi connectivity index (χ0n) is 10.0. The lowest BCUT2D eigenvalue weighted by Gasteiger charge is -2.27. The molecule has 2 heterocycles. The average Bonchev–Trinajstić information content (AvgIpc) is 2.86. The molecule has 1 aromatic heterocycles. The van der Waals surface area contributed by atoms with Crippen molar-refractivity contribution in [3.8, 4) is 0 Å². The normalized spacial score (nSPS) is 16.3. The van der Waals surface area contributed by atoms with Crippen molar-refractivity contribution in [2.24, 2.45) is 0 Å². The summed E-state index contributed by atoms with van der Waals surface area (Å²) in [4.78, 5) is 3.82. The lowest BCUT2D eigenvalue weighted by molar-refractivity contribution is 0.334. The third-order valence-electron chi connectivity index (χ3n) is 3.16. The molecule has 0 fully saturated rings. The SMILES string of the molecule is O=S(=O)(c1ccccc1F)N1CCn2ccnc2C1. The van der Waals surface area contributed by atoms with Crippen molar-refractivity contribution in [1.29, 1.82) is 0 Å². The summed E-state index contributed by atoms with van der Waals surface area (Å²) in [5, 5.41) is 0. The van der Waals surface area contributed by atoms with E-state index in [2.05, 4.69) is 4.98 Å². The highest BCUT2D eigenvalue weighted by Gasteiger charge is 2.30. The van der Waals surface area contributed by atoms with Gasteiger partial charge in [0.1, 0.15) is 16.5 Å². The molecule has 19 heavy (non-hydrogen) atoms. The van der Waals surface area contributed by atoms with Crippen LogP contribution < -0.4 is 0 Å². The molecule has 0 spiro atoms. The lowest BCUT2D eigenvalue weighted by Crippen LogP contribution is -2.38. The quantitative estimate of drug-likeness (QED) is 0.832. The van der Waals surface area contributed by atoms with Crippen molar-refractivity contribution in [2.75, 3.05) is 6.54 Å². The van der Waals surface area contributed by atoms with Gasteiger partial charge in [-0.1, -0.05) is 12.1 Å². The molecule has 0 bridgehead atoms. The molecule has 0 aliphatic carbocycles. The minimum absolute atomic E-state index is 0.170. The Hall–Kier alpha value is -1.73. The van der Waals surface area contributed by atoms with E-state index in [1.165, 1.54) is 22.5 Å². The molecule has 1 aliphatic rings. The van der Waals surface area contributed by atoms with E-state index in [1.54, 1.807) is 6.20 Å². The number of fused-ring (bicyclic) bond motifs is 1. The predicted molar refractivity (Wildman–Crippen MR) is 66.2 cm³/mol. The standard InChI is InChI=1S/C12H12FN3O2S/c13-10-3-1-2-4-11(10)19(17,18)16-8-7-15-6-5-14-12(15)9-16/h1-6H,7-9H2. The number of aromatic nitrogens is 2. The number of hydrogen-bond donors (Lipinski definition) is 0. The van der Waals surface area contributed by atoms with Crippen LogP contribution >= 0.6 is 0 Å². The fourth-order valence-corrected chi connectivity index (χ4v) is 3.60. The zero-order valence-corrected chi connectivity index (χ0v) is 10.8. The Morgan fingerprint density at radius 2 is 2.00 bits per heavy atom. The van der Waals surface area contributed by atoms with Crippen LogP contribution in [0, 0.1) is 5.82 Å². The molecule has 0 atom stereocenters. The van der Waals surface area contributed by atoms with Gasteiger partial charge in [0, 0.05) is 25.5 Å². The van der Waals surface area contributed by atoms with Crippen molar-refractivity contribution in [1.82, 2.24) is 13.9 Å². The van der Waals surface area contributed by atoms with Gasteiger partial charge in [0.25, 0.3) is 0 Å². The molecule has 100 valence electrons. The van der Waals surface area contributed by atoms with E-state index in [-0.39, 0.29) is 11.4 Å². The Kier molecular flexibility index (Phi) is 2.87. The van der Waals surface area contributed by atoms with Gasteiger partial charge in [-0.2, -0.15) is 4.31 Å². The van der Waals surface area contributed by atoms with Crippen LogP contribution in [-0.4, -0.2) is 28.8 Å². The molecule has 7 heteroatoms. The van der Waals surface area contributed by atoms with Gasteiger partial charge in [-0.15, -0.1) is 0 Å². The first-order valence-corrected chi connectivity index (χ1v) is 7.28. The number of halogens is 1. The van der Waals surface area contributed by atoms with E-state index in [9.17, 15) is 12.8 Å². The van der Waals surface area contributed by atoms with Crippen LogP contribution in [0.25, 0.3) is 0 Å². The summed E-state index contributed by atoms with van der Waals surface area (Å²) < 4.78 is 41.6. The van der Waals surface area contributed by atoms with Crippen LogP contribution in [-0.2, 0) is 23.1 Å². The molecular formula is C12H12FN3O2S. The Morgan fingerprint density at radius 1 is 1.21 bits per heavy atom. The number of sulfonamides is 1. The fraction of sp³-hybridized carbons (Fsp3) is 0.250. The molecule has 0 N–H and O–H groups in total. The molecule has 1 aromatic carbocycles. The van der Waals surface area contributed by atoms with Crippen LogP contribution in [0.5, 0.6) is 0 Å². The van der Waals surface area contributed by atoms with Crippen molar-refractivity contribution in [2.45, 2.75) is 18.0 Å². The van der Waals surface area contributed by atoms with Crippen molar-refractivity contribution in [3.05, 3.63) is 48.3 Å². The number of hydrogen-bond acceptors (Lipinski definition) is 3. The predicted octanol–water partition coefficient (Wildman–Crippen LogP) is 1.23. The zero-order chi connectivity index (χ0) is 13.5.